The van der Waals surface area contributed by atoms with E-state index in [0.717, 1.165) is 43.4 Å². The van der Waals surface area contributed by atoms with Crippen molar-refractivity contribution in [3.63, 3.8) is 0 Å². The van der Waals surface area contributed by atoms with Gasteiger partial charge in [-0.2, -0.15) is 0 Å². The zero-order chi connectivity index (χ0) is 24.4. The summed E-state index contributed by atoms with van der Waals surface area (Å²) < 4.78 is 30.3. The Bertz CT molecular complexity index is 1130. The third-order valence-corrected chi connectivity index (χ3v) is 7.44. The lowest BCUT2D eigenvalue weighted by Gasteiger charge is -2.19. The summed E-state index contributed by atoms with van der Waals surface area (Å²) in [6.45, 7) is 1.19. The number of nitrogens with one attached hydrogen (secondary N) is 1. The van der Waals surface area contributed by atoms with Crippen molar-refractivity contribution in [1.29, 1.82) is 0 Å². The Hall–Kier alpha value is -2.68. The van der Waals surface area contributed by atoms with E-state index in [1.54, 1.807) is 24.7 Å². The molecule has 182 valence electrons. The summed E-state index contributed by atoms with van der Waals surface area (Å²) in [5.74, 6) is -0.821. The molecule has 2 aromatic carbocycles. The van der Waals surface area contributed by atoms with Gasteiger partial charge in [-0.15, -0.1) is 0 Å². The summed E-state index contributed by atoms with van der Waals surface area (Å²) in [4.78, 5) is 15.1. The molecule has 34 heavy (non-hydrogen) atoms. The van der Waals surface area contributed by atoms with Crippen LogP contribution in [0.1, 0.15) is 49.1 Å². The van der Waals surface area contributed by atoms with Gasteiger partial charge in [0.05, 0.1) is 11.2 Å². The van der Waals surface area contributed by atoms with Gasteiger partial charge in [-0.25, -0.2) is 18.1 Å². The molecule has 3 rings (SSSR count). The molecule has 0 bridgehead atoms. The van der Waals surface area contributed by atoms with Gasteiger partial charge in [-0.1, -0.05) is 48.7 Å². The summed E-state index contributed by atoms with van der Waals surface area (Å²) in [7, 11) is -3.66. The van der Waals surface area contributed by atoms with Crippen molar-refractivity contribution in [2.24, 2.45) is 0 Å². The molecule has 1 aromatic heterocycles. The number of aliphatic carboxylic acids is 1. The van der Waals surface area contributed by atoms with E-state index in [1.807, 2.05) is 35.0 Å². The summed E-state index contributed by atoms with van der Waals surface area (Å²) in [5.41, 5.74) is 1.99. The first kappa shape index (κ1) is 25.9. The Labute approximate surface area is 205 Å². The first-order valence-corrected chi connectivity index (χ1v) is 13.2. The summed E-state index contributed by atoms with van der Waals surface area (Å²) >= 11 is 5.88. The predicted molar refractivity (Wildman–Crippen MR) is 132 cm³/mol. The molecule has 1 unspecified atom stereocenters. The van der Waals surface area contributed by atoms with Crippen LogP contribution in [0.3, 0.4) is 0 Å². The third-order valence-electron chi connectivity index (χ3n) is 5.75. The van der Waals surface area contributed by atoms with Gasteiger partial charge < -0.3 is 9.67 Å². The number of sulfonamides is 1. The van der Waals surface area contributed by atoms with E-state index in [9.17, 15) is 13.2 Å². The fourth-order valence-electron chi connectivity index (χ4n) is 3.78. The highest BCUT2D eigenvalue weighted by molar-refractivity contribution is 7.89. The van der Waals surface area contributed by atoms with Gasteiger partial charge in [0, 0.05) is 36.9 Å². The van der Waals surface area contributed by atoms with Crippen molar-refractivity contribution in [3.05, 3.63) is 83.4 Å². The fraction of sp³-hybridized carbons (Fsp3) is 0.360. The summed E-state index contributed by atoms with van der Waals surface area (Å²) in [5, 5.41) is 9.38. The largest absolute Gasteiger partial charge is 0.481 e. The molecular weight excluding hydrogens is 474 g/mol. The van der Waals surface area contributed by atoms with Crippen LogP contribution in [-0.2, 0) is 27.8 Å². The van der Waals surface area contributed by atoms with Crippen LogP contribution in [0.4, 0.5) is 0 Å². The SMILES string of the molecule is O=C(O)CCc1ccc(C(CCCCCn2ccnc2)CNS(=O)(=O)c2ccc(Cl)cc2)cc1. The van der Waals surface area contributed by atoms with E-state index in [-0.39, 0.29) is 23.8 Å². The molecule has 0 aliphatic carbocycles. The predicted octanol–water partition coefficient (Wildman–Crippen LogP) is 4.88. The molecule has 0 amide bonds. The van der Waals surface area contributed by atoms with Crippen LogP contribution in [-0.4, -0.2) is 35.6 Å². The number of halogens is 1. The average molecular weight is 504 g/mol. The van der Waals surface area contributed by atoms with E-state index < -0.39 is 16.0 Å². The average Bonchev–Trinajstić information content (AvgIpc) is 3.34. The number of carbonyl (C=O) groups is 1. The first-order chi connectivity index (χ1) is 16.3. The molecule has 1 heterocycles. The van der Waals surface area contributed by atoms with Crippen molar-refractivity contribution < 1.29 is 18.3 Å². The molecule has 0 radical (unpaired) electrons. The monoisotopic (exact) mass is 503 g/mol. The van der Waals surface area contributed by atoms with Crippen molar-refractivity contribution >= 4 is 27.6 Å². The van der Waals surface area contributed by atoms with Crippen LogP contribution < -0.4 is 4.72 Å². The highest BCUT2D eigenvalue weighted by Gasteiger charge is 2.18. The molecule has 0 aliphatic heterocycles. The first-order valence-electron chi connectivity index (χ1n) is 11.3. The van der Waals surface area contributed by atoms with E-state index in [2.05, 4.69) is 9.71 Å². The number of aromatic nitrogens is 2. The van der Waals surface area contributed by atoms with Crippen LogP contribution in [0, 0.1) is 0 Å². The van der Waals surface area contributed by atoms with Gasteiger partial charge >= 0.3 is 5.97 Å². The molecular formula is C25H30ClN3O4S. The number of rotatable bonds is 14. The van der Waals surface area contributed by atoms with E-state index in [1.165, 1.54) is 12.1 Å². The van der Waals surface area contributed by atoms with Crippen LogP contribution in [0.25, 0.3) is 0 Å². The number of hydrogen-bond donors (Lipinski definition) is 2. The normalized spacial score (nSPS) is 12.5. The zero-order valence-electron chi connectivity index (χ0n) is 18.9. The minimum absolute atomic E-state index is 0.00356. The van der Waals surface area contributed by atoms with Gasteiger partial charge in [0.2, 0.25) is 10.0 Å². The van der Waals surface area contributed by atoms with E-state index in [4.69, 9.17) is 16.7 Å². The van der Waals surface area contributed by atoms with Crippen molar-refractivity contribution in [1.82, 2.24) is 14.3 Å². The minimum Gasteiger partial charge on any atom is -0.481 e. The molecule has 9 heteroatoms. The number of hydrogen-bond acceptors (Lipinski definition) is 4. The highest BCUT2D eigenvalue weighted by Crippen LogP contribution is 2.24. The summed E-state index contributed by atoms with van der Waals surface area (Å²) in [6.07, 6.45) is 9.91. The van der Waals surface area contributed by atoms with E-state index in [0.29, 0.717) is 11.4 Å². The lowest BCUT2D eigenvalue weighted by Crippen LogP contribution is -2.28. The van der Waals surface area contributed by atoms with Crippen LogP contribution in [0.15, 0.2) is 72.1 Å². The quantitative estimate of drug-likeness (QED) is 0.305. The lowest BCUT2D eigenvalue weighted by molar-refractivity contribution is -0.136. The third kappa shape index (κ3) is 8.27. The number of imidazole rings is 1. The number of aryl methyl sites for hydroxylation is 2. The Morgan fingerprint density at radius 1 is 1.06 bits per heavy atom. The number of carboxylic acids is 1. The molecule has 0 fully saturated rings. The molecule has 0 spiro atoms. The maximum atomic E-state index is 12.8. The Morgan fingerprint density at radius 2 is 1.79 bits per heavy atom. The van der Waals surface area contributed by atoms with Crippen LogP contribution in [0.5, 0.6) is 0 Å². The number of unbranched alkanes of at least 4 members (excludes halogenated alkanes) is 2. The number of nitrogens with zero attached hydrogens (tertiary/aromatic N) is 2. The molecule has 7 nitrogen and oxygen atoms in total. The van der Waals surface area contributed by atoms with Crippen molar-refractivity contribution in [3.8, 4) is 0 Å². The molecule has 1 atom stereocenters. The maximum absolute atomic E-state index is 12.8. The Morgan fingerprint density at radius 3 is 2.44 bits per heavy atom. The molecule has 0 aliphatic rings. The van der Waals surface area contributed by atoms with Gasteiger partial charge in [0.25, 0.3) is 0 Å². The molecule has 0 saturated heterocycles. The van der Waals surface area contributed by atoms with Gasteiger partial charge in [0.1, 0.15) is 0 Å². The zero-order valence-corrected chi connectivity index (χ0v) is 20.5. The highest BCUT2D eigenvalue weighted by atomic mass is 35.5. The van der Waals surface area contributed by atoms with Gasteiger partial charge in [-0.05, 0) is 60.6 Å². The topological polar surface area (TPSA) is 101 Å². The van der Waals surface area contributed by atoms with E-state index >= 15 is 0 Å². The standard InChI is InChI=1S/C25H30ClN3O4S/c26-23-10-12-24(13-11-23)34(32,33)28-18-22(4-2-1-3-16-29-17-15-27-19-29)21-8-5-20(6-9-21)7-14-25(30)31/h5-6,8-13,15,17,19,22,28H,1-4,7,14,16,18H2,(H,30,31). The summed E-state index contributed by atoms with van der Waals surface area (Å²) in [6, 6.07) is 13.9. The van der Waals surface area contributed by atoms with Crippen molar-refractivity contribution in [2.45, 2.75) is 55.9 Å². The second-order valence-electron chi connectivity index (χ2n) is 8.29. The molecule has 3 aromatic rings. The smallest absolute Gasteiger partial charge is 0.303 e. The van der Waals surface area contributed by atoms with Crippen LogP contribution in [0.2, 0.25) is 5.02 Å². The second-order valence-corrected chi connectivity index (χ2v) is 10.5. The molecule has 0 saturated carbocycles. The van der Waals surface area contributed by atoms with Crippen LogP contribution >= 0.6 is 11.6 Å². The number of benzene rings is 2. The second kappa shape index (κ2) is 12.7. The number of carboxylic acid groups (broad SMARTS) is 1. The minimum atomic E-state index is -3.66. The van der Waals surface area contributed by atoms with Crippen molar-refractivity contribution in [2.75, 3.05) is 6.54 Å². The molecule has 2 N–H and O–H groups in total. The van der Waals surface area contributed by atoms with Gasteiger partial charge in [0.15, 0.2) is 0 Å². The lowest BCUT2D eigenvalue weighted by atomic mass is 9.92. The Balaban J connectivity index is 1.62. The fourth-order valence-corrected chi connectivity index (χ4v) is 4.99. The Kier molecular flexibility index (Phi) is 9.68. The van der Waals surface area contributed by atoms with Gasteiger partial charge in [-0.3, -0.25) is 4.79 Å². The maximum Gasteiger partial charge on any atom is 0.303 e.